The summed E-state index contributed by atoms with van der Waals surface area (Å²) >= 11 is 5.84. The van der Waals surface area contributed by atoms with Gasteiger partial charge in [-0.05, 0) is 12.1 Å². The molecule has 92 valence electrons. The van der Waals surface area contributed by atoms with Crippen LogP contribution in [0.1, 0.15) is 24.3 Å². The number of nitriles is 1. The summed E-state index contributed by atoms with van der Waals surface area (Å²) in [6.07, 6.45) is 0.674. The van der Waals surface area contributed by atoms with Crippen molar-refractivity contribution in [1.29, 1.82) is 5.26 Å². The maximum Gasteiger partial charge on any atom is 0.253 e. The van der Waals surface area contributed by atoms with E-state index in [4.69, 9.17) is 26.0 Å². The number of halogens is 1. The van der Waals surface area contributed by atoms with Crippen LogP contribution >= 0.6 is 11.6 Å². The lowest BCUT2D eigenvalue weighted by atomic mass is 10.2. The van der Waals surface area contributed by atoms with Crippen molar-refractivity contribution in [1.82, 2.24) is 10.2 Å². The van der Waals surface area contributed by atoms with E-state index in [0.29, 0.717) is 34.5 Å². The summed E-state index contributed by atoms with van der Waals surface area (Å²) in [5.74, 6) is 1.33. The fourth-order valence-corrected chi connectivity index (χ4v) is 1.50. The van der Waals surface area contributed by atoms with Gasteiger partial charge in [0.05, 0.1) is 5.56 Å². The van der Waals surface area contributed by atoms with Crippen molar-refractivity contribution < 1.29 is 9.15 Å². The summed E-state index contributed by atoms with van der Waals surface area (Å²) in [7, 11) is 0. The first-order valence-electron chi connectivity index (χ1n) is 5.36. The topological polar surface area (TPSA) is 71.9 Å². The van der Waals surface area contributed by atoms with Crippen molar-refractivity contribution in [2.24, 2.45) is 0 Å². The van der Waals surface area contributed by atoms with Gasteiger partial charge in [0.1, 0.15) is 11.8 Å². The van der Waals surface area contributed by atoms with Gasteiger partial charge in [-0.15, -0.1) is 10.2 Å². The van der Waals surface area contributed by atoms with Gasteiger partial charge in [0.15, 0.2) is 6.61 Å². The number of hydrogen-bond donors (Lipinski definition) is 0. The normalized spacial score (nSPS) is 10.1. The van der Waals surface area contributed by atoms with Crippen LogP contribution in [0.5, 0.6) is 5.75 Å². The third-order valence-electron chi connectivity index (χ3n) is 2.23. The van der Waals surface area contributed by atoms with Crippen molar-refractivity contribution >= 4 is 11.6 Å². The summed E-state index contributed by atoms with van der Waals surface area (Å²) in [6, 6.07) is 6.84. The van der Waals surface area contributed by atoms with Crippen molar-refractivity contribution in [2.75, 3.05) is 0 Å². The zero-order chi connectivity index (χ0) is 13.0. The lowest BCUT2D eigenvalue weighted by Gasteiger charge is -2.05. The molecule has 0 bridgehead atoms. The molecule has 1 heterocycles. The molecule has 0 spiro atoms. The van der Waals surface area contributed by atoms with E-state index >= 15 is 0 Å². The Bertz CT molecular complexity index is 589. The highest BCUT2D eigenvalue weighted by Crippen LogP contribution is 2.23. The van der Waals surface area contributed by atoms with E-state index in [2.05, 4.69) is 10.2 Å². The summed E-state index contributed by atoms with van der Waals surface area (Å²) in [6.45, 7) is 2.03. The molecule has 0 N–H and O–H groups in total. The third-order valence-corrected chi connectivity index (χ3v) is 2.46. The zero-order valence-corrected chi connectivity index (χ0v) is 10.4. The number of rotatable bonds is 4. The molecule has 18 heavy (non-hydrogen) atoms. The molecule has 0 aliphatic carbocycles. The Morgan fingerprint density at radius 2 is 2.17 bits per heavy atom. The minimum absolute atomic E-state index is 0.113. The second kappa shape index (κ2) is 5.52. The minimum atomic E-state index is 0.113. The van der Waals surface area contributed by atoms with E-state index in [9.17, 15) is 0 Å². The Morgan fingerprint density at radius 3 is 2.83 bits per heavy atom. The van der Waals surface area contributed by atoms with Gasteiger partial charge >= 0.3 is 0 Å². The molecule has 0 aliphatic rings. The monoisotopic (exact) mass is 263 g/mol. The number of ether oxygens (including phenoxy) is 1. The smallest absolute Gasteiger partial charge is 0.253 e. The predicted molar refractivity (Wildman–Crippen MR) is 64.2 cm³/mol. The molecule has 0 atom stereocenters. The highest BCUT2D eigenvalue weighted by molar-refractivity contribution is 6.30. The van der Waals surface area contributed by atoms with Gasteiger partial charge in [0.25, 0.3) is 5.89 Å². The average molecular weight is 264 g/mol. The Morgan fingerprint density at radius 1 is 1.39 bits per heavy atom. The van der Waals surface area contributed by atoms with Gasteiger partial charge in [-0.1, -0.05) is 18.5 Å². The molecule has 0 saturated carbocycles. The minimum Gasteiger partial charge on any atom is -0.482 e. The SMILES string of the molecule is CCc1nnc(COc2cc(Cl)ccc2C#N)o1. The van der Waals surface area contributed by atoms with E-state index in [1.54, 1.807) is 18.2 Å². The van der Waals surface area contributed by atoms with Gasteiger partial charge in [-0.2, -0.15) is 5.26 Å². The van der Waals surface area contributed by atoms with Crippen LogP contribution in [0.2, 0.25) is 5.02 Å². The molecule has 0 saturated heterocycles. The van der Waals surface area contributed by atoms with Crippen molar-refractivity contribution in [3.63, 3.8) is 0 Å². The summed E-state index contributed by atoms with van der Waals surface area (Å²) < 4.78 is 10.7. The fraction of sp³-hybridized carbons (Fsp3) is 0.250. The van der Waals surface area contributed by atoms with Gasteiger partial charge < -0.3 is 9.15 Å². The third kappa shape index (κ3) is 2.79. The van der Waals surface area contributed by atoms with Crippen LogP contribution in [0.3, 0.4) is 0 Å². The van der Waals surface area contributed by atoms with Crippen LogP contribution in [0, 0.1) is 11.3 Å². The Balaban J connectivity index is 2.10. The van der Waals surface area contributed by atoms with Crippen LogP contribution in [0.4, 0.5) is 0 Å². The van der Waals surface area contributed by atoms with Crippen LogP contribution in [0.25, 0.3) is 0 Å². The Labute approximate surface area is 109 Å². The van der Waals surface area contributed by atoms with Gasteiger partial charge in [0, 0.05) is 17.5 Å². The fourth-order valence-electron chi connectivity index (χ4n) is 1.34. The maximum atomic E-state index is 8.92. The molecule has 2 rings (SSSR count). The number of aromatic nitrogens is 2. The quantitative estimate of drug-likeness (QED) is 0.848. The van der Waals surface area contributed by atoms with Gasteiger partial charge in [-0.25, -0.2) is 0 Å². The average Bonchev–Trinajstić information content (AvgIpc) is 2.84. The first-order valence-corrected chi connectivity index (χ1v) is 5.74. The molecule has 0 unspecified atom stereocenters. The van der Waals surface area contributed by atoms with E-state index in [0.717, 1.165) is 0 Å². The highest BCUT2D eigenvalue weighted by Gasteiger charge is 2.08. The molecule has 1 aromatic carbocycles. The van der Waals surface area contributed by atoms with Crippen LogP contribution < -0.4 is 4.74 Å². The van der Waals surface area contributed by atoms with Crippen LogP contribution in [0.15, 0.2) is 22.6 Å². The lowest BCUT2D eigenvalue weighted by molar-refractivity contribution is 0.258. The van der Waals surface area contributed by atoms with Gasteiger partial charge in [-0.3, -0.25) is 0 Å². The zero-order valence-electron chi connectivity index (χ0n) is 9.68. The van der Waals surface area contributed by atoms with Gasteiger partial charge in [0.2, 0.25) is 5.89 Å². The standard InChI is InChI=1S/C12H10ClN3O2/c1-2-11-15-16-12(18-11)7-17-10-5-9(13)4-3-8(10)6-14/h3-5H,2,7H2,1H3. The number of benzene rings is 1. The molecule has 1 aromatic heterocycles. The largest absolute Gasteiger partial charge is 0.482 e. The second-order valence-corrected chi connectivity index (χ2v) is 3.92. The Kier molecular flexibility index (Phi) is 3.80. The first kappa shape index (κ1) is 12.4. The van der Waals surface area contributed by atoms with Crippen LogP contribution in [-0.2, 0) is 13.0 Å². The molecular weight excluding hydrogens is 254 g/mol. The predicted octanol–water partition coefficient (Wildman–Crippen LogP) is 2.74. The van der Waals surface area contributed by atoms with E-state index in [1.165, 1.54) is 0 Å². The molecule has 0 fully saturated rings. The van der Waals surface area contributed by atoms with E-state index < -0.39 is 0 Å². The van der Waals surface area contributed by atoms with Crippen molar-refractivity contribution in [3.05, 3.63) is 40.6 Å². The molecule has 5 nitrogen and oxygen atoms in total. The lowest BCUT2D eigenvalue weighted by Crippen LogP contribution is -1.97. The number of nitrogens with zero attached hydrogens (tertiary/aromatic N) is 3. The van der Waals surface area contributed by atoms with Crippen molar-refractivity contribution in [3.8, 4) is 11.8 Å². The molecule has 6 heteroatoms. The Hall–Kier alpha value is -2.06. The molecular formula is C12H10ClN3O2. The number of aryl methyl sites for hydroxylation is 1. The number of hydrogen-bond acceptors (Lipinski definition) is 5. The van der Waals surface area contributed by atoms with E-state index in [1.807, 2.05) is 13.0 Å². The second-order valence-electron chi connectivity index (χ2n) is 3.48. The maximum absolute atomic E-state index is 8.92. The molecule has 0 amide bonds. The molecule has 0 radical (unpaired) electrons. The molecule has 2 aromatic rings. The van der Waals surface area contributed by atoms with Crippen LogP contribution in [-0.4, -0.2) is 10.2 Å². The van der Waals surface area contributed by atoms with E-state index in [-0.39, 0.29) is 6.61 Å². The summed E-state index contributed by atoms with van der Waals surface area (Å²) in [5.41, 5.74) is 0.412. The summed E-state index contributed by atoms with van der Waals surface area (Å²) in [4.78, 5) is 0. The first-order chi connectivity index (χ1) is 8.72. The van der Waals surface area contributed by atoms with Crippen molar-refractivity contribution in [2.45, 2.75) is 20.0 Å². The summed E-state index contributed by atoms with van der Waals surface area (Å²) in [5, 5.41) is 17.1. The highest BCUT2D eigenvalue weighted by atomic mass is 35.5. The molecule has 0 aliphatic heterocycles.